The molecule has 0 radical (unpaired) electrons. The molecule has 3 rings (SSSR count). The summed E-state index contributed by atoms with van der Waals surface area (Å²) in [5.41, 5.74) is 2.20. The minimum absolute atomic E-state index is 0.188. The van der Waals surface area contributed by atoms with Crippen LogP contribution >= 0.6 is 0 Å². The molecule has 2 aliphatic heterocycles. The summed E-state index contributed by atoms with van der Waals surface area (Å²) < 4.78 is 0. The summed E-state index contributed by atoms with van der Waals surface area (Å²) in [5.74, 6) is 0.658. The number of rotatable bonds is 2. The van der Waals surface area contributed by atoms with Crippen molar-refractivity contribution in [2.24, 2.45) is 5.41 Å². The minimum Gasteiger partial charge on any atom is -0.315 e. The largest absolute Gasteiger partial charge is 0.315 e. The number of nitrogens with one attached hydrogen (secondary N) is 1. The molecule has 1 aromatic heterocycles. The lowest BCUT2D eigenvalue weighted by molar-refractivity contribution is -0.118. The van der Waals surface area contributed by atoms with Gasteiger partial charge in [0.15, 0.2) is 0 Å². The molecule has 0 bridgehead atoms. The lowest BCUT2D eigenvalue weighted by Gasteiger charge is -2.38. The number of hydrogen-bond donors (Lipinski definition) is 1. The molecule has 2 saturated heterocycles. The van der Waals surface area contributed by atoms with Crippen molar-refractivity contribution in [1.82, 2.24) is 10.3 Å². The quantitative estimate of drug-likeness (QED) is 0.859. The van der Waals surface area contributed by atoms with Gasteiger partial charge < -0.3 is 10.2 Å². The molecule has 18 heavy (non-hydrogen) atoms. The van der Waals surface area contributed by atoms with Crippen LogP contribution in [0.3, 0.4) is 0 Å². The summed E-state index contributed by atoms with van der Waals surface area (Å²) in [4.78, 5) is 18.4. The maximum absolute atomic E-state index is 12.1. The zero-order valence-corrected chi connectivity index (χ0v) is 10.9. The van der Waals surface area contributed by atoms with E-state index in [2.05, 4.69) is 24.1 Å². The van der Waals surface area contributed by atoms with Crippen LogP contribution in [0.4, 0.5) is 5.69 Å². The van der Waals surface area contributed by atoms with Crippen LogP contribution in [-0.4, -0.2) is 30.5 Å². The highest BCUT2D eigenvalue weighted by atomic mass is 16.2. The van der Waals surface area contributed by atoms with E-state index in [4.69, 9.17) is 0 Å². The Morgan fingerprint density at radius 3 is 2.61 bits per heavy atom. The van der Waals surface area contributed by atoms with Gasteiger partial charge in [-0.15, -0.1) is 0 Å². The Bertz CT molecular complexity index is 462. The van der Waals surface area contributed by atoms with Crippen LogP contribution in [0.1, 0.15) is 31.9 Å². The molecule has 1 spiro atoms. The first-order valence-electron chi connectivity index (χ1n) is 6.57. The van der Waals surface area contributed by atoms with Gasteiger partial charge in [-0.1, -0.05) is 13.8 Å². The van der Waals surface area contributed by atoms with Crippen LogP contribution in [-0.2, 0) is 4.79 Å². The first-order chi connectivity index (χ1) is 8.60. The van der Waals surface area contributed by atoms with Gasteiger partial charge in [0, 0.05) is 37.2 Å². The van der Waals surface area contributed by atoms with E-state index in [1.165, 1.54) is 0 Å². The van der Waals surface area contributed by atoms with Gasteiger partial charge in [-0.2, -0.15) is 0 Å². The van der Waals surface area contributed by atoms with Crippen molar-refractivity contribution >= 4 is 11.6 Å². The van der Waals surface area contributed by atoms with Gasteiger partial charge in [0.05, 0.1) is 11.9 Å². The molecule has 0 aliphatic carbocycles. The third kappa shape index (κ3) is 1.81. The molecule has 1 aromatic rings. The second-order valence-corrected chi connectivity index (χ2v) is 5.86. The molecule has 3 heterocycles. The second kappa shape index (κ2) is 4.05. The smallest absolute Gasteiger partial charge is 0.227 e. The third-order valence-corrected chi connectivity index (χ3v) is 3.99. The van der Waals surface area contributed by atoms with Crippen molar-refractivity contribution in [3.63, 3.8) is 0 Å². The number of nitrogens with zero attached hydrogens (tertiary/aromatic N) is 2. The fraction of sp³-hybridized carbons (Fsp3) is 0.571. The Labute approximate surface area is 107 Å². The third-order valence-electron chi connectivity index (χ3n) is 3.99. The average Bonchev–Trinajstić information content (AvgIpc) is 2.67. The molecule has 4 heteroatoms. The van der Waals surface area contributed by atoms with Crippen LogP contribution < -0.4 is 10.2 Å². The van der Waals surface area contributed by atoms with Gasteiger partial charge in [0.1, 0.15) is 0 Å². The van der Waals surface area contributed by atoms with E-state index in [0.29, 0.717) is 12.3 Å². The molecule has 4 nitrogen and oxygen atoms in total. The summed E-state index contributed by atoms with van der Waals surface area (Å²) in [6, 6.07) is 4.04. The molecular weight excluding hydrogens is 226 g/mol. The lowest BCUT2D eigenvalue weighted by atomic mass is 9.81. The SMILES string of the molecule is CC(C)c1ccc(N2CC3(CNC3)CC2=O)cn1. The number of carbonyl (C=O) groups excluding carboxylic acids is 1. The number of aromatic nitrogens is 1. The highest BCUT2D eigenvalue weighted by molar-refractivity contribution is 5.96. The molecule has 0 aromatic carbocycles. The predicted molar refractivity (Wildman–Crippen MR) is 70.6 cm³/mol. The van der Waals surface area contributed by atoms with Gasteiger partial charge in [0.25, 0.3) is 0 Å². The summed E-state index contributed by atoms with van der Waals surface area (Å²) in [5, 5.41) is 3.27. The maximum atomic E-state index is 12.1. The summed E-state index contributed by atoms with van der Waals surface area (Å²) in [6.45, 7) is 7.01. The van der Waals surface area contributed by atoms with Crippen LogP contribution in [0.25, 0.3) is 0 Å². The van der Waals surface area contributed by atoms with E-state index in [0.717, 1.165) is 31.0 Å². The van der Waals surface area contributed by atoms with E-state index in [1.807, 2.05) is 23.2 Å². The number of amides is 1. The zero-order chi connectivity index (χ0) is 12.8. The second-order valence-electron chi connectivity index (χ2n) is 5.86. The Kier molecular flexibility index (Phi) is 2.63. The van der Waals surface area contributed by atoms with Crippen LogP contribution in [0, 0.1) is 5.41 Å². The summed E-state index contributed by atoms with van der Waals surface area (Å²) in [6.07, 6.45) is 2.50. The van der Waals surface area contributed by atoms with Gasteiger partial charge in [-0.05, 0) is 18.1 Å². The average molecular weight is 245 g/mol. The number of pyridine rings is 1. The standard InChI is InChI=1S/C14H19N3O/c1-10(2)12-4-3-11(6-16-12)17-9-14(5-13(17)18)7-15-8-14/h3-4,6,10,15H,5,7-9H2,1-2H3. The highest BCUT2D eigenvalue weighted by Crippen LogP contribution is 2.37. The molecule has 0 atom stereocenters. The molecule has 2 aliphatic rings. The van der Waals surface area contributed by atoms with Crippen molar-refractivity contribution in [2.75, 3.05) is 24.5 Å². The molecule has 96 valence electrons. The fourth-order valence-electron chi connectivity index (χ4n) is 2.75. The fourth-order valence-corrected chi connectivity index (χ4v) is 2.75. The molecular formula is C14H19N3O. The van der Waals surface area contributed by atoms with Crippen molar-refractivity contribution < 1.29 is 4.79 Å². The predicted octanol–water partition coefficient (Wildman–Crippen LogP) is 1.53. The zero-order valence-electron chi connectivity index (χ0n) is 10.9. The van der Waals surface area contributed by atoms with Crippen molar-refractivity contribution in [1.29, 1.82) is 0 Å². The Balaban J connectivity index is 1.80. The van der Waals surface area contributed by atoms with E-state index in [1.54, 1.807) is 0 Å². The molecule has 1 amide bonds. The number of carbonyl (C=O) groups is 1. The van der Waals surface area contributed by atoms with E-state index < -0.39 is 0 Å². The van der Waals surface area contributed by atoms with E-state index in [-0.39, 0.29) is 11.3 Å². The Morgan fingerprint density at radius 2 is 2.17 bits per heavy atom. The van der Waals surface area contributed by atoms with Crippen LogP contribution in [0.5, 0.6) is 0 Å². The van der Waals surface area contributed by atoms with Crippen LogP contribution in [0.15, 0.2) is 18.3 Å². The van der Waals surface area contributed by atoms with Gasteiger partial charge in [0.2, 0.25) is 5.91 Å². The van der Waals surface area contributed by atoms with Crippen molar-refractivity contribution in [2.45, 2.75) is 26.2 Å². The lowest BCUT2D eigenvalue weighted by Crippen LogP contribution is -2.54. The van der Waals surface area contributed by atoms with E-state index in [9.17, 15) is 4.79 Å². The number of anilines is 1. The minimum atomic E-state index is 0.188. The molecule has 0 unspecified atom stereocenters. The Hall–Kier alpha value is -1.42. The Morgan fingerprint density at radius 1 is 1.39 bits per heavy atom. The highest BCUT2D eigenvalue weighted by Gasteiger charge is 2.47. The normalized spacial score (nSPS) is 21.7. The van der Waals surface area contributed by atoms with E-state index >= 15 is 0 Å². The molecule has 2 fully saturated rings. The van der Waals surface area contributed by atoms with Crippen molar-refractivity contribution in [3.8, 4) is 0 Å². The van der Waals surface area contributed by atoms with Gasteiger partial charge >= 0.3 is 0 Å². The first-order valence-corrected chi connectivity index (χ1v) is 6.57. The molecule has 1 N–H and O–H groups in total. The maximum Gasteiger partial charge on any atom is 0.227 e. The van der Waals surface area contributed by atoms with Crippen molar-refractivity contribution in [3.05, 3.63) is 24.0 Å². The van der Waals surface area contributed by atoms with Gasteiger partial charge in [-0.25, -0.2) is 0 Å². The number of hydrogen-bond acceptors (Lipinski definition) is 3. The monoisotopic (exact) mass is 245 g/mol. The van der Waals surface area contributed by atoms with Gasteiger partial charge in [-0.3, -0.25) is 9.78 Å². The van der Waals surface area contributed by atoms with Crippen LogP contribution in [0.2, 0.25) is 0 Å². The topological polar surface area (TPSA) is 45.2 Å². The first kappa shape index (κ1) is 11.7. The summed E-state index contributed by atoms with van der Waals surface area (Å²) in [7, 11) is 0. The molecule has 0 saturated carbocycles. The summed E-state index contributed by atoms with van der Waals surface area (Å²) >= 11 is 0.